The summed E-state index contributed by atoms with van der Waals surface area (Å²) in [6.45, 7) is 1.23. The van der Waals surface area contributed by atoms with Crippen molar-refractivity contribution in [1.82, 2.24) is 4.90 Å². The van der Waals surface area contributed by atoms with Gasteiger partial charge in [-0.1, -0.05) is 30.3 Å². The topological polar surface area (TPSA) is 40.5 Å². The molecule has 0 saturated carbocycles. The molecule has 1 aliphatic heterocycles. The Balaban J connectivity index is 1.60. The van der Waals surface area contributed by atoms with Gasteiger partial charge in [0, 0.05) is 18.7 Å². The molecule has 2 aromatic rings. The van der Waals surface area contributed by atoms with E-state index in [-0.39, 0.29) is 17.6 Å². The summed E-state index contributed by atoms with van der Waals surface area (Å²) in [6, 6.07) is 15.3. The van der Waals surface area contributed by atoms with Crippen LogP contribution >= 0.6 is 0 Å². The Kier molecular flexibility index (Phi) is 4.72. The maximum absolute atomic E-state index is 12.9. The molecule has 3 nitrogen and oxygen atoms in total. The Labute approximate surface area is 135 Å². The van der Waals surface area contributed by atoms with E-state index in [1.807, 2.05) is 30.3 Å². The van der Waals surface area contributed by atoms with Gasteiger partial charge >= 0.3 is 0 Å². The molecule has 1 fully saturated rings. The molecule has 3 rings (SSSR count). The van der Waals surface area contributed by atoms with Crippen molar-refractivity contribution in [1.29, 1.82) is 0 Å². The van der Waals surface area contributed by atoms with Crippen LogP contribution in [0.4, 0.5) is 4.39 Å². The molecule has 0 aliphatic carbocycles. The lowest BCUT2D eigenvalue weighted by atomic mass is 9.87. The van der Waals surface area contributed by atoms with Crippen molar-refractivity contribution in [3.8, 4) is 0 Å². The molecule has 1 heterocycles. The van der Waals surface area contributed by atoms with E-state index in [1.165, 1.54) is 24.3 Å². The first-order valence-corrected chi connectivity index (χ1v) is 7.93. The van der Waals surface area contributed by atoms with E-state index >= 15 is 0 Å². The minimum absolute atomic E-state index is 0.0716. The molecule has 0 aromatic heterocycles. The van der Waals surface area contributed by atoms with Crippen LogP contribution in [0, 0.1) is 11.7 Å². The molecule has 2 aromatic carbocycles. The minimum Gasteiger partial charge on any atom is -0.388 e. The summed E-state index contributed by atoms with van der Waals surface area (Å²) in [4.78, 5) is 14.2. The van der Waals surface area contributed by atoms with Crippen LogP contribution in [-0.4, -0.2) is 29.0 Å². The van der Waals surface area contributed by atoms with Crippen LogP contribution in [0.2, 0.25) is 0 Å². The molecule has 0 unspecified atom stereocenters. The van der Waals surface area contributed by atoms with Crippen molar-refractivity contribution in [3.63, 3.8) is 0 Å². The number of benzene rings is 2. The van der Waals surface area contributed by atoms with Gasteiger partial charge in [0.2, 0.25) is 0 Å². The lowest BCUT2D eigenvalue weighted by Gasteiger charge is -2.34. The van der Waals surface area contributed by atoms with Crippen LogP contribution in [0.5, 0.6) is 0 Å². The summed E-state index contributed by atoms with van der Waals surface area (Å²) < 4.78 is 12.9. The molecule has 1 amide bonds. The molecule has 0 radical (unpaired) electrons. The van der Waals surface area contributed by atoms with E-state index in [0.29, 0.717) is 18.7 Å². The normalized spacial score (nSPS) is 17.0. The summed E-state index contributed by atoms with van der Waals surface area (Å²) in [6.07, 6.45) is 1.05. The fraction of sp³-hybridized carbons (Fsp3) is 0.316. The van der Waals surface area contributed by atoms with Gasteiger partial charge in [0.15, 0.2) is 0 Å². The van der Waals surface area contributed by atoms with Crippen molar-refractivity contribution < 1.29 is 14.3 Å². The highest BCUT2D eigenvalue weighted by atomic mass is 19.1. The molecule has 4 heteroatoms. The number of halogens is 1. The quantitative estimate of drug-likeness (QED) is 0.943. The SMILES string of the molecule is O=C(c1ccc(F)cc1)N1CCC([C@H](O)c2ccccc2)CC1. The Morgan fingerprint density at radius 3 is 2.26 bits per heavy atom. The number of nitrogens with zero attached hydrogens (tertiary/aromatic N) is 1. The zero-order chi connectivity index (χ0) is 16.2. The van der Waals surface area contributed by atoms with Crippen LogP contribution < -0.4 is 0 Å². The van der Waals surface area contributed by atoms with E-state index in [9.17, 15) is 14.3 Å². The first kappa shape index (κ1) is 15.7. The zero-order valence-corrected chi connectivity index (χ0v) is 12.9. The predicted octanol–water partition coefficient (Wildman–Crippen LogP) is 3.41. The fourth-order valence-electron chi connectivity index (χ4n) is 3.12. The molecule has 1 atom stereocenters. The number of carbonyl (C=O) groups excluding carboxylic acids is 1. The molecule has 1 aliphatic rings. The van der Waals surface area contributed by atoms with E-state index in [0.717, 1.165) is 18.4 Å². The van der Waals surface area contributed by atoms with Crippen molar-refractivity contribution >= 4 is 5.91 Å². The largest absolute Gasteiger partial charge is 0.388 e. The highest BCUT2D eigenvalue weighted by Gasteiger charge is 2.28. The highest BCUT2D eigenvalue weighted by Crippen LogP contribution is 2.31. The summed E-state index contributed by atoms with van der Waals surface area (Å²) in [5.41, 5.74) is 1.43. The third-order valence-corrected chi connectivity index (χ3v) is 4.51. The van der Waals surface area contributed by atoms with Gasteiger partial charge in [-0.25, -0.2) is 4.39 Å². The maximum Gasteiger partial charge on any atom is 0.253 e. The number of piperidine rings is 1. The lowest BCUT2D eigenvalue weighted by molar-refractivity contribution is 0.0462. The molecule has 0 spiro atoms. The first-order valence-electron chi connectivity index (χ1n) is 7.93. The Morgan fingerprint density at radius 2 is 1.65 bits per heavy atom. The number of amides is 1. The summed E-state index contributed by atoms with van der Waals surface area (Å²) >= 11 is 0. The molecule has 1 N–H and O–H groups in total. The van der Waals surface area contributed by atoms with Gasteiger partial charge < -0.3 is 10.0 Å². The highest BCUT2D eigenvalue weighted by molar-refractivity contribution is 5.94. The number of aliphatic hydroxyl groups excluding tert-OH is 1. The van der Waals surface area contributed by atoms with E-state index in [4.69, 9.17) is 0 Å². The number of aliphatic hydroxyl groups is 1. The second kappa shape index (κ2) is 6.92. The van der Waals surface area contributed by atoms with Crippen molar-refractivity contribution in [2.75, 3.05) is 13.1 Å². The van der Waals surface area contributed by atoms with Crippen LogP contribution in [-0.2, 0) is 0 Å². The second-order valence-electron chi connectivity index (χ2n) is 5.99. The van der Waals surface area contributed by atoms with Crippen LogP contribution in [0.3, 0.4) is 0 Å². The smallest absolute Gasteiger partial charge is 0.253 e. The second-order valence-corrected chi connectivity index (χ2v) is 5.99. The average Bonchev–Trinajstić information content (AvgIpc) is 2.62. The summed E-state index contributed by atoms with van der Waals surface area (Å²) in [5, 5.41) is 10.5. The summed E-state index contributed by atoms with van der Waals surface area (Å²) in [5.74, 6) is -0.251. The first-order chi connectivity index (χ1) is 11.1. The van der Waals surface area contributed by atoms with Gasteiger partial charge in [0.25, 0.3) is 5.91 Å². The fourth-order valence-corrected chi connectivity index (χ4v) is 3.12. The van der Waals surface area contributed by atoms with Gasteiger partial charge in [0.1, 0.15) is 5.82 Å². The standard InChI is InChI=1S/C19H20FNO2/c20-17-8-6-16(7-9-17)19(23)21-12-10-15(11-13-21)18(22)14-4-2-1-3-5-14/h1-9,15,18,22H,10-13H2/t18-/m1/s1. The van der Waals surface area contributed by atoms with Crippen molar-refractivity contribution in [2.24, 2.45) is 5.92 Å². The van der Waals surface area contributed by atoms with Gasteiger partial charge in [0.05, 0.1) is 6.10 Å². The van der Waals surface area contributed by atoms with Gasteiger partial charge in [-0.05, 0) is 48.6 Å². The third-order valence-electron chi connectivity index (χ3n) is 4.51. The molecule has 1 saturated heterocycles. The van der Waals surface area contributed by atoms with Gasteiger partial charge in [-0.3, -0.25) is 4.79 Å². The van der Waals surface area contributed by atoms with E-state index in [2.05, 4.69) is 0 Å². The van der Waals surface area contributed by atoms with Crippen LogP contribution in [0.25, 0.3) is 0 Å². The lowest BCUT2D eigenvalue weighted by Crippen LogP contribution is -2.39. The van der Waals surface area contributed by atoms with Crippen molar-refractivity contribution in [3.05, 3.63) is 71.5 Å². The number of hydrogen-bond donors (Lipinski definition) is 1. The van der Waals surface area contributed by atoms with Crippen molar-refractivity contribution in [2.45, 2.75) is 18.9 Å². The molecule has 0 bridgehead atoms. The van der Waals surface area contributed by atoms with Gasteiger partial charge in [-0.2, -0.15) is 0 Å². The monoisotopic (exact) mass is 313 g/mol. The van der Waals surface area contributed by atoms with Crippen LogP contribution in [0.15, 0.2) is 54.6 Å². The molecule has 23 heavy (non-hydrogen) atoms. The number of rotatable bonds is 3. The summed E-state index contributed by atoms with van der Waals surface area (Å²) in [7, 11) is 0. The number of carbonyl (C=O) groups is 1. The molecular weight excluding hydrogens is 293 g/mol. The average molecular weight is 313 g/mol. The zero-order valence-electron chi connectivity index (χ0n) is 12.9. The van der Waals surface area contributed by atoms with Crippen LogP contribution in [0.1, 0.15) is 34.9 Å². The maximum atomic E-state index is 12.9. The van der Waals surface area contributed by atoms with E-state index < -0.39 is 6.10 Å². The number of likely N-dealkylation sites (tertiary alicyclic amines) is 1. The third kappa shape index (κ3) is 3.59. The molecule has 120 valence electrons. The predicted molar refractivity (Wildman–Crippen MR) is 86.4 cm³/mol. The van der Waals surface area contributed by atoms with Gasteiger partial charge in [-0.15, -0.1) is 0 Å². The molecular formula is C19H20FNO2. The Morgan fingerprint density at radius 1 is 1.04 bits per heavy atom. The Bertz CT molecular complexity index is 649. The Hall–Kier alpha value is -2.20. The number of hydrogen-bond acceptors (Lipinski definition) is 2. The minimum atomic E-state index is -0.487. The van der Waals surface area contributed by atoms with E-state index in [1.54, 1.807) is 4.90 Å².